The normalized spacial score (nSPS) is 13.4. The molecule has 0 aliphatic heterocycles. The van der Waals surface area contributed by atoms with Gasteiger partial charge >= 0.3 is 0 Å². The number of nitrogens with two attached hydrogens (primary N) is 1. The van der Waals surface area contributed by atoms with Gasteiger partial charge < -0.3 is 15.8 Å². The second-order valence-electron chi connectivity index (χ2n) is 3.04. The number of para-hydroxylation sites is 1. The Morgan fingerprint density at radius 3 is 3.00 bits per heavy atom. The Morgan fingerprint density at radius 2 is 2.23 bits per heavy atom. The van der Waals surface area contributed by atoms with Gasteiger partial charge in [0.05, 0.1) is 11.6 Å². The molecule has 1 atom stereocenters. The Labute approximate surface area is 76.2 Å². The average molecular weight is 176 g/mol. The van der Waals surface area contributed by atoms with Gasteiger partial charge in [-0.25, -0.2) is 0 Å². The minimum atomic E-state index is -0.581. The molecule has 1 unspecified atom stereocenters. The number of hydrogen-bond donors (Lipinski definition) is 3. The topological polar surface area (TPSA) is 62.0 Å². The van der Waals surface area contributed by atoms with Gasteiger partial charge in [0, 0.05) is 18.3 Å². The average Bonchev–Trinajstić information content (AvgIpc) is 2.63. The van der Waals surface area contributed by atoms with Crippen LogP contribution in [-0.2, 0) is 0 Å². The van der Waals surface area contributed by atoms with Gasteiger partial charge in [0.1, 0.15) is 0 Å². The molecule has 2 rings (SSSR count). The van der Waals surface area contributed by atoms with Crippen LogP contribution in [0.4, 0.5) is 0 Å². The number of aliphatic hydroxyl groups excluding tert-OH is 1. The number of fused-ring (bicyclic) bond motifs is 1. The van der Waals surface area contributed by atoms with Gasteiger partial charge in [-0.1, -0.05) is 18.2 Å². The molecule has 0 radical (unpaired) electrons. The number of hydrogen-bond acceptors (Lipinski definition) is 2. The van der Waals surface area contributed by atoms with Crippen LogP contribution in [0.5, 0.6) is 0 Å². The molecule has 13 heavy (non-hydrogen) atoms. The van der Waals surface area contributed by atoms with Gasteiger partial charge in [-0.2, -0.15) is 0 Å². The quantitative estimate of drug-likeness (QED) is 0.643. The molecular formula is C10H12N2O. The minimum absolute atomic E-state index is 0.248. The van der Waals surface area contributed by atoms with Crippen molar-refractivity contribution >= 4 is 10.9 Å². The van der Waals surface area contributed by atoms with Gasteiger partial charge in [-0.05, 0) is 11.5 Å². The van der Waals surface area contributed by atoms with E-state index in [1.54, 1.807) is 0 Å². The predicted molar refractivity (Wildman–Crippen MR) is 52.3 cm³/mol. The number of aliphatic hydroxyl groups is 1. The number of aromatic amines is 1. The maximum atomic E-state index is 9.60. The van der Waals surface area contributed by atoms with Crippen molar-refractivity contribution in [3.05, 3.63) is 36.0 Å². The lowest BCUT2D eigenvalue weighted by Crippen LogP contribution is -2.11. The fraction of sp³-hybridized carbons (Fsp3) is 0.200. The fourth-order valence-electron chi connectivity index (χ4n) is 1.51. The first-order valence-corrected chi connectivity index (χ1v) is 4.27. The lowest BCUT2D eigenvalue weighted by molar-refractivity contribution is 0.188. The van der Waals surface area contributed by atoms with E-state index in [0.29, 0.717) is 0 Å². The molecule has 1 heterocycles. The third kappa shape index (κ3) is 1.32. The Bertz CT molecular complexity index is 408. The lowest BCUT2D eigenvalue weighted by atomic mass is 10.1. The monoisotopic (exact) mass is 176 g/mol. The van der Waals surface area contributed by atoms with E-state index < -0.39 is 6.10 Å². The van der Waals surface area contributed by atoms with Crippen LogP contribution in [-0.4, -0.2) is 16.6 Å². The standard InChI is InChI=1S/C10H12N2O/c11-6-9(13)8-3-1-2-7-4-5-12-10(7)8/h1-5,9,12-13H,6,11H2. The molecule has 0 fully saturated rings. The molecule has 2 aromatic rings. The predicted octanol–water partition coefficient (Wildman–Crippen LogP) is 1.16. The number of H-pyrrole nitrogens is 1. The largest absolute Gasteiger partial charge is 0.387 e. The van der Waals surface area contributed by atoms with Gasteiger partial charge in [0.15, 0.2) is 0 Å². The van der Waals surface area contributed by atoms with Crippen molar-refractivity contribution < 1.29 is 5.11 Å². The summed E-state index contributed by atoms with van der Waals surface area (Å²) in [5.41, 5.74) is 7.24. The molecule has 4 N–H and O–H groups in total. The van der Waals surface area contributed by atoms with Crippen molar-refractivity contribution in [2.75, 3.05) is 6.54 Å². The zero-order valence-electron chi connectivity index (χ0n) is 7.20. The van der Waals surface area contributed by atoms with Crippen molar-refractivity contribution in [1.29, 1.82) is 0 Å². The Hall–Kier alpha value is -1.32. The number of benzene rings is 1. The lowest BCUT2D eigenvalue weighted by Gasteiger charge is -2.08. The Balaban J connectivity index is 2.60. The van der Waals surface area contributed by atoms with E-state index in [9.17, 15) is 5.11 Å². The highest BCUT2D eigenvalue weighted by Gasteiger charge is 2.08. The number of aromatic nitrogens is 1. The molecule has 68 valence electrons. The summed E-state index contributed by atoms with van der Waals surface area (Å²) >= 11 is 0. The maximum Gasteiger partial charge on any atom is 0.0932 e. The molecular weight excluding hydrogens is 164 g/mol. The Morgan fingerprint density at radius 1 is 1.38 bits per heavy atom. The summed E-state index contributed by atoms with van der Waals surface area (Å²) in [5, 5.41) is 10.7. The maximum absolute atomic E-state index is 9.60. The summed E-state index contributed by atoms with van der Waals surface area (Å²) in [6.45, 7) is 0.248. The van der Waals surface area contributed by atoms with Crippen LogP contribution in [0.3, 0.4) is 0 Å². The van der Waals surface area contributed by atoms with Crippen molar-refractivity contribution in [3.63, 3.8) is 0 Å². The fourth-order valence-corrected chi connectivity index (χ4v) is 1.51. The molecule has 0 aliphatic rings. The van der Waals surface area contributed by atoms with Crippen LogP contribution >= 0.6 is 0 Å². The summed E-state index contributed by atoms with van der Waals surface area (Å²) in [4.78, 5) is 3.09. The van der Waals surface area contributed by atoms with Crippen LogP contribution in [0, 0.1) is 0 Å². The van der Waals surface area contributed by atoms with Crippen LogP contribution < -0.4 is 5.73 Å². The highest BCUT2D eigenvalue weighted by atomic mass is 16.3. The van der Waals surface area contributed by atoms with E-state index in [-0.39, 0.29) is 6.54 Å². The molecule has 3 heteroatoms. The Kier molecular flexibility index (Phi) is 2.04. The second-order valence-corrected chi connectivity index (χ2v) is 3.04. The van der Waals surface area contributed by atoms with Gasteiger partial charge in [-0.3, -0.25) is 0 Å². The SMILES string of the molecule is NCC(O)c1cccc2cc[nH]c12. The summed E-state index contributed by atoms with van der Waals surface area (Å²) in [5.74, 6) is 0. The highest BCUT2D eigenvalue weighted by Crippen LogP contribution is 2.21. The van der Waals surface area contributed by atoms with Crippen LogP contribution in [0.1, 0.15) is 11.7 Å². The molecule has 1 aromatic heterocycles. The smallest absolute Gasteiger partial charge is 0.0932 e. The first-order valence-electron chi connectivity index (χ1n) is 4.27. The molecule has 0 aliphatic carbocycles. The van der Waals surface area contributed by atoms with E-state index in [1.165, 1.54) is 0 Å². The van der Waals surface area contributed by atoms with E-state index in [2.05, 4.69) is 4.98 Å². The third-order valence-electron chi connectivity index (χ3n) is 2.20. The van der Waals surface area contributed by atoms with Gasteiger partial charge in [0.2, 0.25) is 0 Å². The van der Waals surface area contributed by atoms with Gasteiger partial charge in [-0.15, -0.1) is 0 Å². The molecule has 0 saturated heterocycles. The second kappa shape index (κ2) is 3.20. The molecule has 0 saturated carbocycles. The molecule has 0 bridgehead atoms. The van der Waals surface area contributed by atoms with Gasteiger partial charge in [0.25, 0.3) is 0 Å². The van der Waals surface area contributed by atoms with Crippen LogP contribution in [0.2, 0.25) is 0 Å². The van der Waals surface area contributed by atoms with E-state index in [1.807, 2.05) is 30.5 Å². The minimum Gasteiger partial charge on any atom is -0.387 e. The third-order valence-corrected chi connectivity index (χ3v) is 2.20. The molecule has 3 nitrogen and oxygen atoms in total. The summed E-state index contributed by atoms with van der Waals surface area (Å²) in [6.07, 6.45) is 1.28. The molecule has 0 spiro atoms. The summed E-state index contributed by atoms with van der Waals surface area (Å²) in [6, 6.07) is 7.78. The first-order chi connectivity index (χ1) is 6.33. The number of nitrogens with one attached hydrogen (secondary N) is 1. The molecule has 1 aromatic carbocycles. The van der Waals surface area contributed by atoms with Crippen molar-refractivity contribution in [1.82, 2.24) is 4.98 Å². The van der Waals surface area contributed by atoms with Crippen molar-refractivity contribution in [3.8, 4) is 0 Å². The van der Waals surface area contributed by atoms with E-state index in [4.69, 9.17) is 5.73 Å². The summed E-state index contributed by atoms with van der Waals surface area (Å²) in [7, 11) is 0. The van der Waals surface area contributed by atoms with Crippen LogP contribution in [0.15, 0.2) is 30.5 Å². The van der Waals surface area contributed by atoms with E-state index >= 15 is 0 Å². The first kappa shape index (κ1) is 8.29. The zero-order chi connectivity index (χ0) is 9.26. The van der Waals surface area contributed by atoms with E-state index in [0.717, 1.165) is 16.5 Å². The van der Waals surface area contributed by atoms with Crippen molar-refractivity contribution in [2.45, 2.75) is 6.10 Å². The summed E-state index contributed by atoms with van der Waals surface area (Å²) < 4.78 is 0. The van der Waals surface area contributed by atoms with Crippen molar-refractivity contribution in [2.24, 2.45) is 5.73 Å². The molecule has 0 amide bonds. The number of rotatable bonds is 2. The zero-order valence-corrected chi connectivity index (χ0v) is 7.20. The van der Waals surface area contributed by atoms with Crippen LogP contribution in [0.25, 0.3) is 10.9 Å². The highest BCUT2D eigenvalue weighted by molar-refractivity contribution is 5.82.